The van der Waals surface area contributed by atoms with Crippen molar-refractivity contribution in [1.29, 1.82) is 0 Å². The molecule has 1 aromatic rings. The van der Waals surface area contributed by atoms with Crippen LogP contribution in [0.5, 0.6) is 5.75 Å². The average molecular weight is 335 g/mol. The maximum absolute atomic E-state index is 12.0. The van der Waals surface area contributed by atoms with Gasteiger partial charge in [-0.3, -0.25) is 9.59 Å². The van der Waals surface area contributed by atoms with Gasteiger partial charge in [0.2, 0.25) is 0 Å². The lowest BCUT2D eigenvalue weighted by Gasteiger charge is -2.20. The second-order valence-corrected chi connectivity index (χ2v) is 7.24. The molecule has 0 saturated carbocycles. The van der Waals surface area contributed by atoms with Crippen molar-refractivity contribution in [2.75, 3.05) is 6.54 Å². The first-order valence-corrected chi connectivity index (χ1v) is 8.26. The first-order valence-electron chi connectivity index (χ1n) is 8.26. The van der Waals surface area contributed by atoms with Crippen LogP contribution >= 0.6 is 0 Å². The van der Waals surface area contributed by atoms with Crippen LogP contribution < -0.4 is 10.1 Å². The van der Waals surface area contributed by atoms with Gasteiger partial charge in [0, 0.05) is 0 Å². The zero-order chi connectivity index (χ0) is 18.5. The fraction of sp³-hybridized carbons (Fsp3) is 0.579. The van der Waals surface area contributed by atoms with Gasteiger partial charge < -0.3 is 14.8 Å². The van der Waals surface area contributed by atoms with Crippen LogP contribution in [0.1, 0.15) is 58.6 Å². The molecule has 1 rings (SSSR count). The highest BCUT2D eigenvalue weighted by atomic mass is 16.6. The molecule has 1 amide bonds. The van der Waals surface area contributed by atoms with Crippen LogP contribution in [0.2, 0.25) is 0 Å². The van der Waals surface area contributed by atoms with Gasteiger partial charge >= 0.3 is 5.97 Å². The van der Waals surface area contributed by atoms with Gasteiger partial charge in [-0.1, -0.05) is 19.9 Å². The monoisotopic (exact) mass is 335 g/mol. The Bertz CT molecular complexity index is 588. The van der Waals surface area contributed by atoms with Crippen LogP contribution in [0.3, 0.4) is 0 Å². The molecule has 1 unspecified atom stereocenters. The third kappa shape index (κ3) is 6.60. The van der Waals surface area contributed by atoms with Gasteiger partial charge in [0.05, 0.1) is 0 Å². The predicted octanol–water partition coefficient (Wildman–Crippen LogP) is 3.34. The van der Waals surface area contributed by atoms with E-state index in [1.807, 2.05) is 25.1 Å². The molecule has 5 heteroatoms. The molecule has 134 valence electrons. The molecule has 0 aromatic heterocycles. The Kier molecular flexibility index (Phi) is 6.81. The summed E-state index contributed by atoms with van der Waals surface area (Å²) >= 11 is 0. The Balaban J connectivity index is 2.55. The highest BCUT2D eigenvalue weighted by Crippen LogP contribution is 2.24. The van der Waals surface area contributed by atoms with Gasteiger partial charge in [-0.2, -0.15) is 0 Å². The van der Waals surface area contributed by atoms with Gasteiger partial charge in [0.25, 0.3) is 5.91 Å². The number of rotatable bonds is 6. The summed E-state index contributed by atoms with van der Waals surface area (Å²) in [6.45, 7) is 13.1. The molecule has 0 saturated heterocycles. The molecule has 1 atom stereocenters. The van der Waals surface area contributed by atoms with Crippen molar-refractivity contribution in [3.8, 4) is 5.75 Å². The van der Waals surface area contributed by atoms with E-state index in [0.717, 1.165) is 5.56 Å². The summed E-state index contributed by atoms with van der Waals surface area (Å²) in [6.07, 6.45) is -0.697. The fourth-order valence-electron chi connectivity index (χ4n) is 2.31. The number of ether oxygens (including phenoxy) is 2. The lowest BCUT2D eigenvalue weighted by Crippen LogP contribution is -2.40. The van der Waals surface area contributed by atoms with E-state index in [-0.39, 0.29) is 12.5 Å². The number of carbonyl (C=O) groups is 2. The summed E-state index contributed by atoms with van der Waals surface area (Å²) in [6, 6.07) is 5.80. The van der Waals surface area contributed by atoms with E-state index in [1.54, 1.807) is 27.7 Å². The van der Waals surface area contributed by atoms with Gasteiger partial charge in [0.1, 0.15) is 17.9 Å². The Morgan fingerprint density at radius 1 is 1.17 bits per heavy atom. The highest BCUT2D eigenvalue weighted by Gasteiger charge is 2.19. The van der Waals surface area contributed by atoms with E-state index >= 15 is 0 Å². The largest absolute Gasteiger partial charge is 0.481 e. The molecule has 0 bridgehead atoms. The summed E-state index contributed by atoms with van der Waals surface area (Å²) in [5, 5.41) is 2.53. The molecule has 0 aliphatic rings. The highest BCUT2D eigenvalue weighted by molar-refractivity contribution is 5.85. The van der Waals surface area contributed by atoms with Gasteiger partial charge in [0.15, 0.2) is 6.10 Å². The van der Waals surface area contributed by atoms with E-state index in [0.29, 0.717) is 11.7 Å². The molecule has 24 heavy (non-hydrogen) atoms. The standard InChI is InChI=1S/C19H29NO4/c1-12(2)16-9-8-15(10-13(16)3)23-14(4)18(22)20-11-17(21)24-19(5,6)7/h8-10,12,14H,11H2,1-7H3,(H,20,22). The zero-order valence-corrected chi connectivity index (χ0v) is 15.7. The molecule has 1 aromatic carbocycles. The second kappa shape index (κ2) is 8.18. The van der Waals surface area contributed by atoms with Crippen LogP contribution in [0.4, 0.5) is 0 Å². The normalized spacial score (nSPS) is 12.7. The van der Waals surface area contributed by atoms with E-state index in [9.17, 15) is 9.59 Å². The first-order chi connectivity index (χ1) is 11.0. The van der Waals surface area contributed by atoms with Gasteiger partial charge in [-0.25, -0.2) is 0 Å². The predicted molar refractivity (Wildman–Crippen MR) is 94.2 cm³/mol. The van der Waals surface area contributed by atoms with Gasteiger partial charge in [-0.05, 0) is 63.8 Å². The zero-order valence-electron chi connectivity index (χ0n) is 15.7. The molecule has 0 fully saturated rings. The Hall–Kier alpha value is -2.04. The Labute approximate surface area is 144 Å². The average Bonchev–Trinajstić information content (AvgIpc) is 2.42. The molecule has 5 nitrogen and oxygen atoms in total. The summed E-state index contributed by atoms with van der Waals surface area (Å²) < 4.78 is 10.8. The number of amides is 1. The molecule has 0 aliphatic heterocycles. The minimum Gasteiger partial charge on any atom is -0.481 e. The number of aryl methyl sites for hydroxylation is 1. The lowest BCUT2D eigenvalue weighted by atomic mass is 9.98. The van der Waals surface area contributed by atoms with Crippen molar-refractivity contribution < 1.29 is 19.1 Å². The van der Waals surface area contributed by atoms with Crippen molar-refractivity contribution in [2.24, 2.45) is 0 Å². The number of benzene rings is 1. The first kappa shape index (κ1) is 20.0. The topological polar surface area (TPSA) is 64.6 Å². The summed E-state index contributed by atoms with van der Waals surface area (Å²) in [4.78, 5) is 23.6. The van der Waals surface area contributed by atoms with Crippen LogP contribution in [0.25, 0.3) is 0 Å². The van der Waals surface area contributed by atoms with E-state index in [4.69, 9.17) is 9.47 Å². The van der Waals surface area contributed by atoms with E-state index in [2.05, 4.69) is 19.2 Å². The number of hydrogen-bond acceptors (Lipinski definition) is 4. The minimum absolute atomic E-state index is 0.172. The number of esters is 1. The molecular weight excluding hydrogens is 306 g/mol. The molecule has 0 spiro atoms. The molecule has 0 radical (unpaired) electrons. The van der Waals surface area contributed by atoms with Crippen molar-refractivity contribution in [1.82, 2.24) is 5.32 Å². The Morgan fingerprint density at radius 3 is 2.29 bits per heavy atom. The quantitative estimate of drug-likeness (QED) is 0.810. The summed E-state index contributed by atoms with van der Waals surface area (Å²) in [7, 11) is 0. The molecule has 1 N–H and O–H groups in total. The molecule has 0 heterocycles. The van der Waals surface area contributed by atoms with Crippen LogP contribution in [0.15, 0.2) is 18.2 Å². The summed E-state index contributed by atoms with van der Waals surface area (Å²) in [5.74, 6) is 0.247. The fourth-order valence-corrected chi connectivity index (χ4v) is 2.31. The molecule has 0 aliphatic carbocycles. The second-order valence-electron chi connectivity index (χ2n) is 7.24. The van der Waals surface area contributed by atoms with Crippen LogP contribution in [0, 0.1) is 6.92 Å². The maximum atomic E-state index is 12.0. The van der Waals surface area contributed by atoms with Crippen molar-refractivity contribution >= 4 is 11.9 Å². The third-order valence-electron chi connectivity index (χ3n) is 3.37. The van der Waals surface area contributed by atoms with Crippen LogP contribution in [-0.4, -0.2) is 30.1 Å². The maximum Gasteiger partial charge on any atom is 0.325 e. The number of carbonyl (C=O) groups excluding carboxylic acids is 2. The smallest absolute Gasteiger partial charge is 0.325 e. The number of hydrogen-bond donors (Lipinski definition) is 1. The van der Waals surface area contributed by atoms with Crippen LogP contribution in [-0.2, 0) is 14.3 Å². The minimum atomic E-state index is -0.697. The van der Waals surface area contributed by atoms with Gasteiger partial charge in [-0.15, -0.1) is 0 Å². The lowest BCUT2D eigenvalue weighted by molar-refractivity contribution is -0.154. The number of nitrogens with one attached hydrogen (secondary N) is 1. The van der Waals surface area contributed by atoms with Crippen molar-refractivity contribution in [2.45, 2.75) is 66.1 Å². The van der Waals surface area contributed by atoms with Crippen molar-refractivity contribution in [3.63, 3.8) is 0 Å². The molecular formula is C19H29NO4. The van der Waals surface area contributed by atoms with Crippen molar-refractivity contribution in [3.05, 3.63) is 29.3 Å². The Morgan fingerprint density at radius 2 is 1.79 bits per heavy atom. The van der Waals surface area contributed by atoms with E-state index in [1.165, 1.54) is 5.56 Å². The third-order valence-corrected chi connectivity index (χ3v) is 3.37. The SMILES string of the molecule is Cc1cc(OC(C)C(=O)NCC(=O)OC(C)(C)C)ccc1C(C)C. The van der Waals surface area contributed by atoms with E-state index < -0.39 is 17.7 Å². The summed E-state index contributed by atoms with van der Waals surface area (Å²) in [5.41, 5.74) is 1.81.